The SMILES string of the molecule is CC(c1ccc(Oc2ccc(N)cc2)cc1)(c1ccc(Oc2ccc(N)cc2)cc1)C(C(F)(F)F)C(c1ccc(Oc2ccc(N)cc2)cc1)(c1ccc(Oc2ccc(N)cc2)cc1)C(F)(F)F. The molecule has 68 heavy (non-hydrogen) atoms. The van der Waals surface area contributed by atoms with E-state index in [0.717, 1.165) is 24.3 Å². The summed E-state index contributed by atoms with van der Waals surface area (Å²) in [6.45, 7) is 1.18. The highest BCUT2D eigenvalue weighted by Crippen LogP contribution is 2.63. The van der Waals surface area contributed by atoms with Crippen molar-refractivity contribution in [2.45, 2.75) is 30.1 Å². The van der Waals surface area contributed by atoms with Crippen LogP contribution in [0.4, 0.5) is 49.1 Å². The minimum atomic E-state index is -5.64. The lowest BCUT2D eigenvalue weighted by Gasteiger charge is -2.51. The highest BCUT2D eigenvalue weighted by Gasteiger charge is 2.73. The van der Waals surface area contributed by atoms with E-state index < -0.39 is 40.2 Å². The highest BCUT2D eigenvalue weighted by molar-refractivity contribution is 5.55. The van der Waals surface area contributed by atoms with Crippen LogP contribution >= 0.6 is 0 Å². The van der Waals surface area contributed by atoms with Crippen LogP contribution in [0.3, 0.4) is 0 Å². The molecule has 0 saturated carbocycles. The van der Waals surface area contributed by atoms with Crippen molar-refractivity contribution in [3.05, 3.63) is 216 Å². The number of hydrogen-bond donors (Lipinski definition) is 4. The van der Waals surface area contributed by atoms with Crippen molar-refractivity contribution in [2.75, 3.05) is 22.9 Å². The maximum absolute atomic E-state index is 17.1. The molecule has 0 radical (unpaired) electrons. The molecule has 346 valence electrons. The Morgan fingerprint density at radius 2 is 0.500 bits per heavy atom. The quantitative estimate of drug-likeness (QED) is 0.0624. The smallest absolute Gasteiger partial charge is 0.403 e. The molecule has 0 heterocycles. The first-order valence-electron chi connectivity index (χ1n) is 21.1. The van der Waals surface area contributed by atoms with Gasteiger partial charge in [0.2, 0.25) is 0 Å². The summed E-state index contributed by atoms with van der Waals surface area (Å²) in [5, 5.41) is 0. The Labute approximate surface area is 388 Å². The zero-order chi connectivity index (χ0) is 48.3. The molecule has 0 fully saturated rings. The Kier molecular flexibility index (Phi) is 12.6. The maximum Gasteiger partial charge on any atom is 0.403 e. The second kappa shape index (κ2) is 18.6. The zero-order valence-electron chi connectivity index (χ0n) is 36.3. The predicted molar refractivity (Wildman–Crippen MR) is 252 cm³/mol. The summed E-state index contributed by atoms with van der Waals surface area (Å²) in [4.78, 5) is 0. The molecule has 0 aliphatic rings. The van der Waals surface area contributed by atoms with E-state index in [2.05, 4.69) is 0 Å². The lowest BCUT2D eigenvalue weighted by atomic mass is 9.52. The molecule has 8 rings (SSSR count). The Hall–Kier alpha value is -8.26. The first kappa shape index (κ1) is 46.3. The second-order valence-corrected chi connectivity index (χ2v) is 16.3. The van der Waals surface area contributed by atoms with Crippen LogP contribution < -0.4 is 41.9 Å². The standard InChI is InChI=1S/C54H44F6N4O4/c1-51(34-2-18-42(19-3-34)65-46-26-10-38(61)11-27-46,35-4-20-43(21-5-35)66-47-28-12-39(62)13-29-47)50(53(55,56)57)52(54(58,59)60,36-6-22-44(23-7-36)67-48-30-14-40(63)15-31-48)37-8-24-45(25-9-37)68-49-32-16-41(64)17-33-49/h2-33,50H,61-64H2,1H3. The molecular weight excluding hydrogens is 883 g/mol. The van der Waals surface area contributed by atoms with Crippen molar-refractivity contribution >= 4 is 22.7 Å². The van der Waals surface area contributed by atoms with Gasteiger partial charge in [-0.15, -0.1) is 0 Å². The molecule has 0 saturated heterocycles. The summed E-state index contributed by atoms with van der Waals surface area (Å²) in [5.41, 5.74) is 17.2. The fraction of sp³-hybridized carbons (Fsp3) is 0.111. The summed E-state index contributed by atoms with van der Waals surface area (Å²) >= 11 is 0. The van der Waals surface area contributed by atoms with Crippen LogP contribution in [0.5, 0.6) is 46.0 Å². The number of anilines is 4. The van der Waals surface area contributed by atoms with Crippen molar-refractivity contribution in [3.8, 4) is 46.0 Å². The van der Waals surface area contributed by atoms with Crippen LogP contribution in [0.25, 0.3) is 0 Å². The molecule has 0 aliphatic heterocycles. The second-order valence-electron chi connectivity index (χ2n) is 16.3. The first-order valence-corrected chi connectivity index (χ1v) is 21.1. The minimum absolute atomic E-state index is 0.0709. The lowest BCUT2D eigenvalue weighted by molar-refractivity contribution is -0.269. The lowest BCUT2D eigenvalue weighted by Crippen LogP contribution is -2.61. The van der Waals surface area contributed by atoms with Crippen molar-refractivity contribution in [3.63, 3.8) is 0 Å². The van der Waals surface area contributed by atoms with E-state index in [-0.39, 0.29) is 34.1 Å². The number of nitrogens with two attached hydrogens (primary N) is 4. The Morgan fingerprint density at radius 1 is 0.309 bits per heavy atom. The van der Waals surface area contributed by atoms with Gasteiger partial charge in [0.15, 0.2) is 0 Å². The average Bonchev–Trinajstić information content (AvgIpc) is 3.31. The third-order valence-corrected chi connectivity index (χ3v) is 11.8. The molecule has 1 unspecified atom stereocenters. The van der Waals surface area contributed by atoms with Crippen LogP contribution in [0.2, 0.25) is 0 Å². The van der Waals surface area contributed by atoms with Gasteiger partial charge in [-0.3, -0.25) is 0 Å². The molecule has 8 aromatic rings. The number of hydrogen-bond acceptors (Lipinski definition) is 8. The van der Waals surface area contributed by atoms with Crippen LogP contribution in [0.15, 0.2) is 194 Å². The summed E-state index contributed by atoms with van der Waals surface area (Å²) in [5.74, 6) is -1.34. The minimum Gasteiger partial charge on any atom is -0.457 e. The third-order valence-electron chi connectivity index (χ3n) is 11.8. The molecule has 0 aliphatic carbocycles. The van der Waals surface area contributed by atoms with E-state index in [1.54, 1.807) is 97.1 Å². The maximum atomic E-state index is 17.1. The molecule has 8 aromatic carbocycles. The summed E-state index contributed by atoms with van der Waals surface area (Å²) in [6, 6.07) is 45.3. The van der Waals surface area contributed by atoms with E-state index in [9.17, 15) is 0 Å². The normalized spacial score (nSPS) is 12.5. The number of nitrogen functional groups attached to an aromatic ring is 4. The van der Waals surface area contributed by atoms with Gasteiger partial charge in [0.25, 0.3) is 0 Å². The van der Waals surface area contributed by atoms with E-state index in [0.29, 0.717) is 45.7 Å². The Bertz CT molecular complexity index is 2750. The van der Waals surface area contributed by atoms with Gasteiger partial charge in [-0.1, -0.05) is 55.5 Å². The molecule has 8 N–H and O–H groups in total. The third kappa shape index (κ3) is 9.66. The van der Waals surface area contributed by atoms with Crippen LogP contribution in [-0.2, 0) is 10.8 Å². The van der Waals surface area contributed by atoms with Gasteiger partial charge in [0.1, 0.15) is 51.4 Å². The molecule has 0 amide bonds. The van der Waals surface area contributed by atoms with Gasteiger partial charge in [-0.05, 0) is 168 Å². The van der Waals surface area contributed by atoms with Crippen molar-refractivity contribution in [1.29, 1.82) is 0 Å². The molecule has 14 heteroatoms. The Morgan fingerprint density at radius 3 is 0.691 bits per heavy atom. The predicted octanol–water partition coefficient (Wildman–Crippen LogP) is 14.2. The van der Waals surface area contributed by atoms with Gasteiger partial charge in [0, 0.05) is 28.2 Å². The molecular formula is C54H44F6N4O4. The molecule has 0 spiro atoms. The van der Waals surface area contributed by atoms with E-state index in [1.807, 2.05) is 0 Å². The van der Waals surface area contributed by atoms with Crippen LogP contribution in [0, 0.1) is 5.92 Å². The largest absolute Gasteiger partial charge is 0.457 e. The van der Waals surface area contributed by atoms with Gasteiger partial charge < -0.3 is 41.9 Å². The number of ether oxygens (including phenoxy) is 4. The van der Waals surface area contributed by atoms with Crippen molar-refractivity contribution in [1.82, 2.24) is 0 Å². The van der Waals surface area contributed by atoms with E-state index in [4.69, 9.17) is 41.9 Å². The van der Waals surface area contributed by atoms with Crippen LogP contribution in [-0.4, -0.2) is 12.4 Å². The monoisotopic (exact) mass is 926 g/mol. The number of benzene rings is 8. The van der Waals surface area contributed by atoms with Crippen LogP contribution in [0.1, 0.15) is 29.2 Å². The summed E-state index contributed by atoms with van der Waals surface area (Å²) < 4.78 is 126. The summed E-state index contributed by atoms with van der Waals surface area (Å²) in [6.07, 6.45) is -11.2. The van der Waals surface area contributed by atoms with Gasteiger partial charge in [-0.2, -0.15) is 26.3 Å². The van der Waals surface area contributed by atoms with E-state index in [1.165, 1.54) is 79.7 Å². The molecule has 0 bridgehead atoms. The highest BCUT2D eigenvalue weighted by atomic mass is 19.4. The Balaban J connectivity index is 1.34. The summed E-state index contributed by atoms with van der Waals surface area (Å²) in [7, 11) is 0. The number of alkyl halides is 6. The molecule has 1 atom stereocenters. The van der Waals surface area contributed by atoms with Gasteiger partial charge >= 0.3 is 12.4 Å². The van der Waals surface area contributed by atoms with Gasteiger partial charge in [-0.25, -0.2) is 0 Å². The van der Waals surface area contributed by atoms with Gasteiger partial charge in [0.05, 0.1) is 5.92 Å². The fourth-order valence-corrected chi connectivity index (χ4v) is 8.49. The molecule has 0 aromatic heterocycles. The van der Waals surface area contributed by atoms with Crippen molar-refractivity contribution in [2.24, 2.45) is 5.92 Å². The first-order chi connectivity index (χ1) is 32.4. The number of halogens is 6. The van der Waals surface area contributed by atoms with E-state index >= 15 is 26.3 Å². The topological polar surface area (TPSA) is 141 Å². The number of rotatable bonds is 14. The average molecular weight is 927 g/mol. The molecule has 8 nitrogen and oxygen atoms in total. The zero-order valence-corrected chi connectivity index (χ0v) is 36.3. The van der Waals surface area contributed by atoms with Crippen molar-refractivity contribution < 1.29 is 45.3 Å². The fourth-order valence-electron chi connectivity index (χ4n) is 8.49.